The molecule has 3 heterocycles. The van der Waals surface area contributed by atoms with Crippen molar-refractivity contribution in [2.75, 3.05) is 39.5 Å². The summed E-state index contributed by atoms with van der Waals surface area (Å²) >= 11 is 0. The molecule has 4 fully saturated rings. The van der Waals surface area contributed by atoms with Crippen molar-refractivity contribution in [2.24, 2.45) is 28.0 Å². The number of esters is 1. The summed E-state index contributed by atoms with van der Waals surface area (Å²) in [6.07, 6.45) is 11.4. The minimum absolute atomic E-state index is 0.0666. The number of aliphatic hydroxyl groups excluding tert-OH is 4. The van der Waals surface area contributed by atoms with E-state index >= 15 is 0 Å². The van der Waals surface area contributed by atoms with Crippen LogP contribution in [-0.2, 0) is 33.3 Å². The number of hydrogen-bond donors (Lipinski definition) is 10. The maximum absolute atomic E-state index is 14.5. The highest BCUT2D eigenvalue weighted by atomic mass is 16.8. The van der Waals surface area contributed by atoms with Crippen LogP contribution in [0, 0.1) is 17.3 Å². The van der Waals surface area contributed by atoms with Crippen molar-refractivity contribution in [3.63, 3.8) is 0 Å². The SMILES string of the molecule is CC(C)OC1C(OC2OC=C(C(=O)OC3CCC4(CCCC4)C3)C(C=CC3=C(NC(N)=NCCCO)C(C(=O)O)=C[NH+](CCO)C3)C2C=C2CCCCC2)OC(CO)C(O)C1(O)O. The van der Waals surface area contributed by atoms with Gasteiger partial charge < -0.3 is 75.4 Å². The summed E-state index contributed by atoms with van der Waals surface area (Å²) in [5.41, 5.74) is 8.22. The molecule has 18 heteroatoms. The van der Waals surface area contributed by atoms with Crippen LogP contribution in [0.25, 0.3) is 0 Å². The predicted molar refractivity (Wildman–Crippen MR) is 227 cm³/mol. The van der Waals surface area contributed by atoms with E-state index in [1.165, 1.54) is 12.5 Å². The third-order valence-corrected chi connectivity index (χ3v) is 13.2. The van der Waals surface area contributed by atoms with Gasteiger partial charge in [0.05, 0.1) is 42.8 Å². The Labute approximate surface area is 368 Å². The number of aliphatic imine (C=N–C) groups is 1. The third-order valence-electron chi connectivity index (χ3n) is 13.2. The maximum atomic E-state index is 14.5. The zero-order chi connectivity index (χ0) is 45.3. The van der Waals surface area contributed by atoms with Crippen LogP contribution >= 0.6 is 0 Å². The zero-order valence-electron chi connectivity index (χ0n) is 36.5. The fraction of sp³-hybridized carbons (Fsp3) is 0.711. The van der Waals surface area contributed by atoms with E-state index < -0.39 is 73.2 Å². The quantitative estimate of drug-likeness (QED) is 0.0238. The first-order valence-electron chi connectivity index (χ1n) is 22.6. The Balaban J connectivity index is 1.44. The average molecular weight is 890 g/mol. The fourth-order valence-electron chi connectivity index (χ4n) is 9.96. The van der Waals surface area contributed by atoms with Gasteiger partial charge in [-0.3, -0.25) is 4.99 Å². The predicted octanol–water partition coefficient (Wildman–Crippen LogP) is 0.531. The number of guanidine groups is 1. The second-order valence-corrected chi connectivity index (χ2v) is 18.1. The van der Waals surface area contributed by atoms with Crippen molar-refractivity contribution in [3.05, 3.63) is 58.7 Å². The summed E-state index contributed by atoms with van der Waals surface area (Å²) in [6, 6.07) is 0. The van der Waals surface area contributed by atoms with Crippen molar-refractivity contribution in [1.29, 1.82) is 0 Å². The number of carboxylic acids is 1. The van der Waals surface area contributed by atoms with Crippen molar-refractivity contribution in [2.45, 2.75) is 146 Å². The van der Waals surface area contributed by atoms with Crippen molar-refractivity contribution >= 4 is 17.9 Å². The molecule has 6 aliphatic rings. The van der Waals surface area contributed by atoms with Gasteiger partial charge in [0.25, 0.3) is 0 Å². The molecule has 352 valence electrons. The van der Waals surface area contributed by atoms with Crippen LogP contribution in [0.5, 0.6) is 0 Å². The van der Waals surface area contributed by atoms with Gasteiger partial charge in [-0.25, -0.2) is 9.59 Å². The average Bonchev–Trinajstić information content (AvgIpc) is 3.89. The highest BCUT2D eigenvalue weighted by Gasteiger charge is 2.58. The Morgan fingerprint density at radius 2 is 1.81 bits per heavy atom. The van der Waals surface area contributed by atoms with Crippen molar-refractivity contribution < 1.29 is 73.9 Å². The van der Waals surface area contributed by atoms with Gasteiger partial charge in [0.2, 0.25) is 12.1 Å². The number of ether oxygens (including phenoxy) is 5. The van der Waals surface area contributed by atoms with Crippen LogP contribution in [0.1, 0.15) is 97.3 Å². The molecular formula is C45H69N4O14+. The Kier molecular flexibility index (Phi) is 17.0. The molecule has 9 unspecified atom stereocenters. The number of rotatable bonds is 17. The first-order chi connectivity index (χ1) is 30.2. The summed E-state index contributed by atoms with van der Waals surface area (Å²) in [4.78, 5) is 32.2. The molecule has 0 amide bonds. The smallest absolute Gasteiger partial charge is 0.343 e. The number of quaternary nitrogens is 1. The third kappa shape index (κ3) is 12.0. The highest BCUT2D eigenvalue weighted by Crippen LogP contribution is 2.51. The Bertz CT molecular complexity index is 1780. The van der Waals surface area contributed by atoms with Gasteiger partial charge in [-0.15, -0.1) is 0 Å². The minimum Gasteiger partial charge on any atom is -0.477 e. The number of aliphatic carboxylic acids is 1. The maximum Gasteiger partial charge on any atom is 0.343 e. The van der Waals surface area contributed by atoms with Gasteiger partial charge in [0, 0.05) is 24.6 Å². The number of carbonyl (C=O) groups excluding carboxylic acids is 1. The highest BCUT2D eigenvalue weighted by molar-refractivity contribution is 5.94. The topological polar surface area (TPSA) is 277 Å². The largest absolute Gasteiger partial charge is 0.477 e. The van der Waals surface area contributed by atoms with E-state index in [1.54, 1.807) is 26.0 Å². The van der Waals surface area contributed by atoms with Gasteiger partial charge in [0.1, 0.15) is 43.2 Å². The monoisotopic (exact) mass is 889 g/mol. The molecule has 3 aliphatic heterocycles. The molecular weight excluding hydrogens is 821 g/mol. The number of nitrogens with two attached hydrogens (primary N) is 1. The molecule has 0 aromatic heterocycles. The fourth-order valence-corrected chi connectivity index (χ4v) is 9.96. The summed E-state index contributed by atoms with van der Waals surface area (Å²) < 4.78 is 30.9. The summed E-state index contributed by atoms with van der Waals surface area (Å²) in [5.74, 6) is -6.42. The second-order valence-electron chi connectivity index (χ2n) is 18.1. The van der Waals surface area contributed by atoms with E-state index in [1.807, 2.05) is 6.08 Å². The van der Waals surface area contributed by atoms with Crippen LogP contribution in [0.3, 0.4) is 0 Å². The number of nitrogens with one attached hydrogen (secondary N) is 2. The molecule has 0 aromatic carbocycles. The van der Waals surface area contributed by atoms with E-state index in [0.717, 1.165) is 82.6 Å². The normalized spacial score (nSPS) is 32.2. The van der Waals surface area contributed by atoms with Crippen LogP contribution in [-0.4, -0.2) is 142 Å². The summed E-state index contributed by atoms with van der Waals surface area (Å²) in [7, 11) is 0. The van der Waals surface area contributed by atoms with Gasteiger partial charge in [0.15, 0.2) is 18.4 Å². The lowest BCUT2D eigenvalue weighted by Gasteiger charge is -2.48. The Morgan fingerprint density at radius 1 is 1.06 bits per heavy atom. The van der Waals surface area contributed by atoms with E-state index in [-0.39, 0.29) is 67.2 Å². The van der Waals surface area contributed by atoms with Crippen LogP contribution < -0.4 is 16.0 Å². The number of carboxylic acid groups (broad SMARTS) is 1. The zero-order valence-corrected chi connectivity index (χ0v) is 36.5. The standard InChI is InChI=1S/C45H68N4O14/c1-27(2)60-38-42(62-35(25-52)37(53)45(38,57)58)63-41-32(21-28-9-4-3-5-10-28)31(34(26-59-41)40(56)61-30-13-16-44(22-30)14-6-7-15-44)12-11-29-23-49(18-20-51)24-33(39(54)55)36(29)48-43(46)47-17-8-19-50/h11-12,21,24,26-27,30-32,35,37-38,41-42,50-53,57-58H,3-10,13-20,22-23,25H2,1-2H3,(H,54,55)(H3,46,47,48)/p+1. The number of carbonyl (C=O) groups is 2. The molecule has 0 bridgehead atoms. The molecule has 63 heavy (non-hydrogen) atoms. The Hall–Kier alpha value is -3.69. The molecule has 3 aliphatic carbocycles. The number of hydrogen-bond acceptors (Lipinski definition) is 14. The number of aliphatic hydroxyl groups is 6. The Morgan fingerprint density at radius 3 is 2.48 bits per heavy atom. The molecule has 0 aromatic rings. The van der Waals surface area contributed by atoms with E-state index in [0.29, 0.717) is 16.9 Å². The lowest BCUT2D eigenvalue weighted by atomic mass is 9.80. The van der Waals surface area contributed by atoms with Gasteiger partial charge in [-0.2, -0.15) is 0 Å². The molecule has 3 saturated carbocycles. The van der Waals surface area contributed by atoms with Crippen LogP contribution in [0.4, 0.5) is 0 Å². The van der Waals surface area contributed by atoms with Gasteiger partial charge >= 0.3 is 11.9 Å². The first kappa shape index (κ1) is 48.8. The van der Waals surface area contributed by atoms with Gasteiger partial charge in [-0.1, -0.05) is 43.1 Å². The molecule has 1 spiro atoms. The molecule has 1 saturated heterocycles. The molecule has 9 atom stereocenters. The van der Waals surface area contributed by atoms with Crippen molar-refractivity contribution in [3.8, 4) is 0 Å². The lowest BCUT2D eigenvalue weighted by molar-refractivity contribution is -0.843. The molecule has 6 rings (SSSR count). The summed E-state index contributed by atoms with van der Waals surface area (Å²) in [5, 5.41) is 75.9. The minimum atomic E-state index is -2.91. The van der Waals surface area contributed by atoms with Crippen LogP contribution in [0.2, 0.25) is 0 Å². The molecule has 18 nitrogen and oxygen atoms in total. The summed E-state index contributed by atoms with van der Waals surface area (Å²) in [6.45, 7) is 2.84. The molecule has 11 N–H and O–H groups in total. The van der Waals surface area contributed by atoms with Gasteiger partial charge in [-0.05, 0) is 83.5 Å². The number of nitrogens with zero attached hydrogens (tertiary/aromatic N) is 1. The van der Waals surface area contributed by atoms with Crippen molar-refractivity contribution in [1.82, 2.24) is 5.32 Å². The number of allylic oxidation sites excluding steroid dienone is 2. The van der Waals surface area contributed by atoms with E-state index in [9.17, 15) is 45.3 Å². The first-order valence-corrected chi connectivity index (χ1v) is 22.6. The van der Waals surface area contributed by atoms with E-state index in [4.69, 9.17) is 29.4 Å². The van der Waals surface area contributed by atoms with E-state index in [2.05, 4.69) is 10.3 Å². The molecule has 0 radical (unpaired) electrons. The second kappa shape index (κ2) is 22.0. The lowest BCUT2D eigenvalue weighted by Crippen LogP contribution is -3.09. The van der Waals surface area contributed by atoms with Crippen LogP contribution in [0.15, 0.2) is 63.7 Å².